The van der Waals surface area contributed by atoms with E-state index in [0.29, 0.717) is 42.8 Å². The van der Waals surface area contributed by atoms with Gasteiger partial charge in [0, 0.05) is 24.9 Å². The molecule has 0 radical (unpaired) electrons. The quantitative estimate of drug-likeness (QED) is 0.293. The van der Waals surface area contributed by atoms with Gasteiger partial charge in [0.25, 0.3) is 0 Å². The Kier molecular flexibility index (Phi) is 10.7. The molecule has 55 heavy (non-hydrogen) atoms. The molecule has 2 N–H and O–H groups in total. The fraction of sp³-hybridized carbons (Fsp3) is 0.500. The lowest BCUT2D eigenvalue weighted by atomic mass is 9.82. The summed E-state index contributed by atoms with van der Waals surface area (Å²) in [7, 11) is -2.97. The molecule has 3 aromatic rings. The molecule has 294 valence electrons. The molecule has 1 saturated carbocycles. The summed E-state index contributed by atoms with van der Waals surface area (Å²) < 4.78 is 52.7. The van der Waals surface area contributed by atoms with Gasteiger partial charge in [-0.05, 0) is 58.9 Å². The number of carbonyl (C=O) groups excluding carboxylic acids is 4. The average Bonchev–Trinajstić information content (AvgIpc) is 3.92. The van der Waals surface area contributed by atoms with Crippen LogP contribution in [0.15, 0.2) is 59.5 Å². The van der Waals surface area contributed by atoms with E-state index in [4.69, 9.17) is 18.9 Å². The van der Waals surface area contributed by atoms with Crippen LogP contribution in [0.25, 0.3) is 10.8 Å². The van der Waals surface area contributed by atoms with Gasteiger partial charge in [-0.1, -0.05) is 76.4 Å². The first kappa shape index (κ1) is 38.4. The van der Waals surface area contributed by atoms with Crippen LogP contribution in [0.3, 0.4) is 0 Å². The highest BCUT2D eigenvalue weighted by molar-refractivity contribution is 7.89. The van der Waals surface area contributed by atoms with Crippen molar-refractivity contribution < 1.29 is 46.5 Å². The summed E-state index contributed by atoms with van der Waals surface area (Å²) in [6.45, 7) is 5.98. The number of nitrogens with one attached hydrogen (secondary N) is 2. The number of esters is 1. The summed E-state index contributed by atoms with van der Waals surface area (Å²) in [6.07, 6.45) is 2.51. The first-order chi connectivity index (χ1) is 26.2. The Hall–Kier alpha value is -4.89. The molecule has 3 aliphatic heterocycles. The van der Waals surface area contributed by atoms with E-state index in [9.17, 15) is 27.6 Å². The van der Waals surface area contributed by atoms with Crippen LogP contribution in [0.1, 0.15) is 70.4 Å². The molecule has 0 aromatic heterocycles. The van der Waals surface area contributed by atoms with Crippen molar-refractivity contribution in [3.63, 3.8) is 0 Å². The number of likely N-dealkylation sites (tertiary alicyclic amines) is 1. The molecule has 1 aliphatic carbocycles. The van der Waals surface area contributed by atoms with Gasteiger partial charge < -0.3 is 29.2 Å². The predicted molar refractivity (Wildman–Crippen MR) is 200 cm³/mol. The maximum atomic E-state index is 14.5. The molecule has 3 heterocycles. The van der Waals surface area contributed by atoms with Crippen LogP contribution in [0.4, 0.5) is 4.79 Å². The van der Waals surface area contributed by atoms with Gasteiger partial charge in [0.2, 0.25) is 28.6 Å². The van der Waals surface area contributed by atoms with Crippen molar-refractivity contribution in [1.29, 1.82) is 0 Å². The molecule has 0 bridgehead atoms. The fourth-order valence-electron chi connectivity index (χ4n) is 8.16. The minimum atomic E-state index is -4.19. The second-order valence-corrected chi connectivity index (χ2v) is 17.6. The number of methoxy groups -OCH3 is 1. The minimum Gasteiger partial charge on any atom is -0.467 e. The Morgan fingerprint density at radius 3 is 2.22 bits per heavy atom. The number of rotatable bonds is 9. The molecule has 3 aromatic carbocycles. The van der Waals surface area contributed by atoms with Crippen LogP contribution in [-0.4, -0.2) is 86.8 Å². The summed E-state index contributed by atoms with van der Waals surface area (Å²) in [4.78, 5) is 58.3. The summed E-state index contributed by atoms with van der Waals surface area (Å²) in [5.74, 6) is -0.948. The lowest BCUT2D eigenvalue weighted by Gasteiger charge is -2.37. The number of ether oxygens (including phenoxy) is 4. The zero-order chi connectivity index (χ0) is 39.1. The van der Waals surface area contributed by atoms with Gasteiger partial charge in [0.05, 0.1) is 18.6 Å². The van der Waals surface area contributed by atoms with Gasteiger partial charge >= 0.3 is 12.1 Å². The summed E-state index contributed by atoms with van der Waals surface area (Å²) in [5.41, 5.74) is 0.946. The van der Waals surface area contributed by atoms with Gasteiger partial charge in [-0.25, -0.2) is 18.0 Å². The number of amides is 3. The lowest BCUT2D eigenvalue weighted by Crippen LogP contribution is -2.61. The van der Waals surface area contributed by atoms with E-state index in [-0.39, 0.29) is 30.6 Å². The zero-order valence-electron chi connectivity index (χ0n) is 31.5. The Morgan fingerprint density at radius 1 is 0.909 bits per heavy atom. The normalized spacial score (nSPS) is 20.9. The number of fused-ring (bicyclic) bond motifs is 3. The number of sulfonamides is 1. The molecule has 3 amide bonds. The molecule has 2 fully saturated rings. The van der Waals surface area contributed by atoms with Crippen molar-refractivity contribution >= 4 is 44.7 Å². The molecule has 4 aliphatic rings. The van der Waals surface area contributed by atoms with Crippen molar-refractivity contribution in [2.45, 2.75) is 102 Å². The van der Waals surface area contributed by atoms with Crippen LogP contribution in [0, 0.1) is 11.3 Å². The van der Waals surface area contributed by atoms with Gasteiger partial charge in [-0.2, -0.15) is 4.72 Å². The Balaban J connectivity index is 1.09. The average molecular weight is 777 g/mol. The smallest absolute Gasteiger partial charge is 0.410 e. The maximum Gasteiger partial charge on any atom is 0.410 e. The first-order valence-electron chi connectivity index (χ1n) is 18.8. The number of carbonyl (C=O) groups is 4. The molecule has 1 saturated heterocycles. The third-order valence-corrected chi connectivity index (χ3v) is 12.6. The Morgan fingerprint density at radius 2 is 1.56 bits per heavy atom. The summed E-state index contributed by atoms with van der Waals surface area (Å²) in [5, 5.41) is 4.18. The summed E-state index contributed by atoms with van der Waals surface area (Å²) in [6, 6.07) is 12.4. The number of benzene rings is 3. The second kappa shape index (κ2) is 15.3. The number of nitrogens with zero attached hydrogens (tertiary/aromatic N) is 2. The van der Waals surface area contributed by atoms with E-state index in [1.807, 2.05) is 30.3 Å². The predicted octanol–water partition coefficient (Wildman–Crippen LogP) is 4.62. The van der Waals surface area contributed by atoms with E-state index in [1.165, 1.54) is 23.0 Å². The van der Waals surface area contributed by atoms with E-state index in [0.717, 1.165) is 35.8 Å². The third kappa shape index (κ3) is 7.95. The van der Waals surface area contributed by atoms with Crippen molar-refractivity contribution in [2.75, 3.05) is 20.4 Å². The summed E-state index contributed by atoms with van der Waals surface area (Å²) >= 11 is 0. The molecule has 15 heteroatoms. The number of hydrogen-bond acceptors (Lipinski definition) is 10. The molecule has 7 rings (SSSR count). The SMILES string of the molecule is COC(=O)[C@@H]1C[C@@H](OC(=O)N2Cc3cc4c(cc3C2)OCO4)CN1C(=O)[C@@H](NC(=O)[C@@H](NS(=O)(=O)c1cccc2ccccc12)C1CCCCC1)C(C)(C)C. The monoisotopic (exact) mass is 776 g/mol. The second-order valence-electron chi connectivity index (χ2n) is 15.9. The molecular weight excluding hydrogens is 729 g/mol. The van der Waals surface area contributed by atoms with Crippen molar-refractivity contribution in [1.82, 2.24) is 19.8 Å². The van der Waals surface area contributed by atoms with Crippen LogP contribution < -0.4 is 19.5 Å². The molecular formula is C40H48N4O10S. The van der Waals surface area contributed by atoms with E-state index < -0.39 is 63.5 Å². The Labute approximate surface area is 320 Å². The molecule has 0 unspecified atom stereocenters. The van der Waals surface area contributed by atoms with Crippen LogP contribution in [0.2, 0.25) is 0 Å². The van der Waals surface area contributed by atoms with E-state index >= 15 is 0 Å². The first-order valence-corrected chi connectivity index (χ1v) is 20.3. The standard InChI is InChI=1S/C40H48N4O10S/c1-40(2,3)35(41-36(45)34(25-12-6-5-7-13-25)42-55(49,50)33-16-10-14-24-11-8-9-15-29(24)33)37(46)44-22-28(19-30(44)38(47)51-4)54-39(48)43-20-26-17-31-32(53-23-52-31)18-27(26)21-43/h8-11,14-18,25,28,30,34-35,42H,5-7,12-13,19-23H2,1-4H3,(H,41,45)/t28-,30+,34+,35-/m1/s1. The largest absolute Gasteiger partial charge is 0.467 e. The molecule has 4 atom stereocenters. The molecule has 14 nitrogen and oxygen atoms in total. The lowest BCUT2D eigenvalue weighted by molar-refractivity contribution is -0.153. The van der Waals surface area contributed by atoms with Gasteiger partial charge in [0.1, 0.15) is 24.2 Å². The highest BCUT2D eigenvalue weighted by Gasteiger charge is 2.48. The fourth-order valence-corrected chi connectivity index (χ4v) is 9.65. The van der Waals surface area contributed by atoms with Crippen LogP contribution in [-0.2, 0) is 47.0 Å². The van der Waals surface area contributed by atoms with E-state index in [2.05, 4.69) is 10.0 Å². The Bertz CT molecular complexity index is 2060. The van der Waals surface area contributed by atoms with Crippen molar-refractivity contribution in [3.8, 4) is 11.5 Å². The van der Waals surface area contributed by atoms with Crippen LogP contribution in [0.5, 0.6) is 11.5 Å². The highest BCUT2D eigenvalue weighted by atomic mass is 32.2. The topological polar surface area (TPSA) is 170 Å². The van der Waals surface area contributed by atoms with Crippen LogP contribution >= 0.6 is 0 Å². The van der Waals surface area contributed by atoms with E-state index in [1.54, 1.807) is 39.0 Å². The zero-order valence-corrected chi connectivity index (χ0v) is 32.4. The van der Waals surface area contributed by atoms with Gasteiger partial charge in [0.15, 0.2) is 11.5 Å². The highest BCUT2D eigenvalue weighted by Crippen LogP contribution is 2.39. The number of hydrogen-bond donors (Lipinski definition) is 2. The third-order valence-electron chi connectivity index (χ3n) is 11.1. The minimum absolute atomic E-state index is 0.00125. The van der Waals surface area contributed by atoms with Crippen molar-refractivity contribution in [3.05, 3.63) is 65.7 Å². The van der Waals surface area contributed by atoms with Gasteiger partial charge in [-0.3, -0.25) is 14.5 Å². The molecule has 0 spiro atoms. The van der Waals surface area contributed by atoms with Crippen molar-refractivity contribution in [2.24, 2.45) is 11.3 Å². The van der Waals surface area contributed by atoms with Gasteiger partial charge in [-0.15, -0.1) is 0 Å². The maximum absolute atomic E-state index is 14.5.